The molecule has 0 bridgehead atoms. The van der Waals surface area contributed by atoms with E-state index in [4.69, 9.17) is 5.11 Å². The van der Waals surface area contributed by atoms with Gasteiger partial charge in [-0.1, -0.05) is 11.8 Å². The number of hydrogen-bond acceptors (Lipinski definition) is 6. The SMILES string of the molecule is Cn1cnc(Cn2c(SCC(=O)O)nnc2C2CC2)n1. The van der Waals surface area contributed by atoms with Gasteiger partial charge in [0.2, 0.25) is 0 Å². The van der Waals surface area contributed by atoms with E-state index in [2.05, 4.69) is 20.3 Å². The molecule has 20 heavy (non-hydrogen) atoms. The zero-order valence-electron chi connectivity index (χ0n) is 10.9. The number of aliphatic carboxylic acids is 1. The van der Waals surface area contributed by atoms with Gasteiger partial charge in [-0.15, -0.1) is 10.2 Å². The zero-order valence-corrected chi connectivity index (χ0v) is 11.7. The van der Waals surface area contributed by atoms with Crippen molar-refractivity contribution in [3.8, 4) is 0 Å². The van der Waals surface area contributed by atoms with Gasteiger partial charge in [0, 0.05) is 13.0 Å². The van der Waals surface area contributed by atoms with Gasteiger partial charge in [0.05, 0.1) is 12.3 Å². The van der Waals surface area contributed by atoms with Crippen LogP contribution >= 0.6 is 11.8 Å². The van der Waals surface area contributed by atoms with E-state index >= 15 is 0 Å². The summed E-state index contributed by atoms with van der Waals surface area (Å²) in [5, 5.41) is 21.9. The predicted octanol–water partition coefficient (Wildman–Crippen LogP) is 0.509. The minimum Gasteiger partial charge on any atom is -0.481 e. The van der Waals surface area contributed by atoms with Crippen molar-refractivity contribution in [1.82, 2.24) is 29.5 Å². The first kappa shape index (κ1) is 13.1. The first-order valence-electron chi connectivity index (χ1n) is 6.25. The predicted molar refractivity (Wildman–Crippen MR) is 70.5 cm³/mol. The third kappa shape index (κ3) is 2.82. The quantitative estimate of drug-likeness (QED) is 0.775. The molecule has 0 saturated heterocycles. The van der Waals surface area contributed by atoms with Gasteiger partial charge >= 0.3 is 5.97 Å². The zero-order chi connectivity index (χ0) is 14.1. The van der Waals surface area contributed by atoms with Crippen LogP contribution in [0.15, 0.2) is 11.5 Å². The summed E-state index contributed by atoms with van der Waals surface area (Å²) in [6.07, 6.45) is 3.86. The number of thioether (sulfide) groups is 1. The summed E-state index contributed by atoms with van der Waals surface area (Å²) in [4.78, 5) is 14.9. The molecule has 0 spiro atoms. The Morgan fingerprint density at radius 3 is 2.90 bits per heavy atom. The lowest BCUT2D eigenvalue weighted by Gasteiger charge is -2.06. The summed E-state index contributed by atoms with van der Waals surface area (Å²) >= 11 is 1.17. The van der Waals surface area contributed by atoms with Crippen molar-refractivity contribution in [1.29, 1.82) is 0 Å². The van der Waals surface area contributed by atoms with Crippen LogP contribution in [0.2, 0.25) is 0 Å². The molecule has 1 fully saturated rings. The molecule has 0 amide bonds. The second-order valence-electron chi connectivity index (χ2n) is 4.72. The Balaban J connectivity index is 1.84. The smallest absolute Gasteiger partial charge is 0.313 e. The third-order valence-electron chi connectivity index (χ3n) is 2.96. The number of nitrogens with zero attached hydrogens (tertiary/aromatic N) is 6. The van der Waals surface area contributed by atoms with Gasteiger partial charge in [0.15, 0.2) is 11.0 Å². The summed E-state index contributed by atoms with van der Waals surface area (Å²) in [5.74, 6) is 1.12. The molecule has 1 N–H and O–H groups in total. The molecule has 2 heterocycles. The molecule has 106 valence electrons. The molecule has 1 saturated carbocycles. The van der Waals surface area contributed by atoms with Crippen molar-refractivity contribution in [2.45, 2.75) is 30.5 Å². The van der Waals surface area contributed by atoms with Crippen LogP contribution < -0.4 is 0 Å². The second kappa shape index (κ2) is 5.23. The average Bonchev–Trinajstić information content (AvgIpc) is 3.05. The maximum atomic E-state index is 10.7. The van der Waals surface area contributed by atoms with Gasteiger partial charge < -0.3 is 5.11 Å². The van der Waals surface area contributed by atoms with Crippen LogP contribution in [0.5, 0.6) is 0 Å². The molecule has 2 aromatic heterocycles. The van der Waals surface area contributed by atoms with Gasteiger partial charge in [-0.3, -0.25) is 14.0 Å². The number of carboxylic acids is 1. The average molecular weight is 294 g/mol. The summed E-state index contributed by atoms with van der Waals surface area (Å²) in [7, 11) is 1.81. The van der Waals surface area contributed by atoms with Crippen LogP contribution in [-0.2, 0) is 18.4 Å². The van der Waals surface area contributed by atoms with Crippen LogP contribution in [0.1, 0.15) is 30.4 Å². The van der Waals surface area contributed by atoms with Gasteiger partial charge in [-0.25, -0.2) is 4.98 Å². The highest BCUT2D eigenvalue weighted by Crippen LogP contribution is 2.40. The normalized spacial score (nSPS) is 14.7. The first-order valence-corrected chi connectivity index (χ1v) is 7.24. The molecule has 0 unspecified atom stereocenters. The van der Waals surface area contributed by atoms with Crippen molar-refractivity contribution >= 4 is 17.7 Å². The van der Waals surface area contributed by atoms with Crippen molar-refractivity contribution in [2.75, 3.05) is 5.75 Å². The lowest BCUT2D eigenvalue weighted by atomic mass is 10.4. The molecule has 2 aromatic rings. The Morgan fingerprint density at radius 2 is 2.30 bits per heavy atom. The summed E-state index contributed by atoms with van der Waals surface area (Å²) < 4.78 is 3.57. The fourth-order valence-corrected chi connectivity index (χ4v) is 2.59. The largest absolute Gasteiger partial charge is 0.481 e. The van der Waals surface area contributed by atoms with Gasteiger partial charge in [-0.2, -0.15) is 5.10 Å². The Hall–Kier alpha value is -1.90. The number of aromatic nitrogens is 6. The van der Waals surface area contributed by atoms with E-state index in [1.807, 2.05) is 11.6 Å². The van der Waals surface area contributed by atoms with Gasteiger partial charge in [0.25, 0.3) is 0 Å². The highest BCUT2D eigenvalue weighted by atomic mass is 32.2. The number of rotatable bonds is 6. The standard InChI is InChI=1S/C11H14N6O2S/c1-16-6-12-8(15-16)4-17-10(7-2-3-7)13-14-11(17)20-5-9(18)19/h6-7H,2-5H2,1H3,(H,18,19). The molecule has 0 radical (unpaired) electrons. The van der Waals surface area contributed by atoms with E-state index in [1.165, 1.54) is 11.8 Å². The monoisotopic (exact) mass is 294 g/mol. The molecule has 0 aliphatic heterocycles. The third-order valence-corrected chi connectivity index (χ3v) is 3.91. The van der Waals surface area contributed by atoms with E-state index in [9.17, 15) is 4.79 Å². The Kier molecular flexibility index (Phi) is 3.43. The fourth-order valence-electron chi connectivity index (χ4n) is 1.92. The van der Waals surface area contributed by atoms with Crippen molar-refractivity contribution < 1.29 is 9.90 Å². The Morgan fingerprint density at radius 1 is 1.50 bits per heavy atom. The van der Waals surface area contributed by atoms with Crippen LogP contribution in [0.25, 0.3) is 0 Å². The maximum Gasteiger partial charge on any atom is 0.313 e. The lowest BCUT2D eigenvalue weighted by Crippen LogP contribution is -2.09. The van der Waals surface area contributed by atoms with E-state index in [1.54, 1.807) is 11.0 Å². The molecule has 8 nitrogen and oxygen atoms in total. The molecule has 0 atom stereocenters. The minimum absolute atomic E-state index is 0.0293. The van der Waals surface area contributed by atoms with E-state index in [0.29, 0.717) is 23.4 Å². The van der Waals surface area contributed by atoms with Crippen molar-refractivity contribution in [2.24, 2.45) is 7.05 Å². The Labute approximate surface area is 119 Å². The van der Waals surface area contributed by atoms with Crippen molar-refractivity contribution in [3.05, 3.63) is 18.0 Å². The van der Waals surface area contributed by atoms with Crippen LogP contribution in [-0.4, -0.2) is 46.4 Å². The van der Waals surface area contributed by atoms with E-state index < -0.39 is 5.97 Å². The molecule has 9 heteroatoms. The number of hydrogen-bond donors (Lipinski definition) is 1. The summed E-state index contributed by atoms with van der Waals surface area (Å²) in [6, 6.07) is 0. The lowest BCUT2D eigenvalue weighted by molar-refractivity contribution is -0.133. The van der Waals surface area contributed by atoms with Crippen LogP contribution in [0, 0.1) is 0 Å². The van der Waals surface area contributed by atoms with E-state index in [0.717, 1.165) is 18.7 Å². The topological polar surface area (TPSA) is 98.7 Å². The van der Waals surface area contributed by atoms with Crippen LogP contribution in [0.3, 0.4) is 0 Å². The Bertz CT molecular complexity index is 633. The molecule has 1 aliphatic rings. The summed E-state index contributed by atoms with van der Waals surface area (Å²) in [5.41, 5.74) is 0. The molecular weight excluding hydrogens is 280 g/mol. The fraction of sp³-hybridized carbons (Fsp3) is 0.545. The van der Waals surface area contributed by atoms with Crippen molar-refractivity contribution in [3.63, 3.8) is 0 Å². The molecule has 3 rings (SSSR count). The summed E-state index contributed by atoms with van der Waals surface area (Å²) in [6.45, 7) is 0.474. The highest BCUT2D eigenvalue weighted by molar-refractivity contribution is 7.99. The molecule has 1 aliphatic carbocycles. The van der Waals surface area contributed by atoms with Crippen LogP contribution in [0.4, 0.5) is 0 Å². The van der Waals surface area contributed by atoms with Gasteiger partial charge in [-0.05, 0) is 12.8 Å². The maximum absolute atomic E-state index is 10.7. The first-order chi connectivity index (χ1) is 9.63. The molecular formula is C11H14N6O2S. The van der Waals surface area contributed by atoms with E-state index in [-0.39, 0.29) is 5.75 Å². The number of carboxylic acid groups (broad SMARTS) is 1. The number of carbonyl (C=O) groups is 1. The molecule has 0 aromatic carbocycles. The minimum atomic E-state index is -0.867. The second-order valence-corrected chi connectivity index (χ2v) is 5.66. The van der Waals surface area contributed by atoms with Gasteiger partial charge in [0.1, 0.15) is 12.2 Å². The highest BCUT2D eigenvalue weighted by Gasteiger charge is 2.30. The number of aryl methyl sites for hydroxylation is 1.